The molecule has 4 nitrogen and oxygen atoms in total. The average Bonchev–Trinajstić information content (AvgIpc) is 3.08. The van der Waals surface area contributed by atoms with Gasteiger partial charge in [-0.3, -0.25) is 4.68 Å². The molecule has 0 saturated carbocycles. The first-order valence-corrected chi connectivity index (χ1v) is 7.67. The Morgan fingerprint density at radius 1 is 1.50 bits per heavy atom. The van der Waals surface area contributed by atoms with E-state index in [-0.39, 0.29) is 5.97 Å². The van der Waals surface area contributed by atoms with Gasteiger partial charge in [-0.05, 0) is 18.6 Å². The van der Waals surface area contributed by atoms with Crippen molar-refractivity contribution in [2.45, 2.75) is 24.3 Å². The fourth-order valence-electron chi connectivity index (χ4n) is 2.39. The minimum atomic E-state index is -0.306. The standard InChI is InChI=1S/C15H16N2O2S/c1-2-19-15(18)11-7-16-17(8-11)9-12-10-20-14-6-4-3-5-13(12)14/h3-8,12H,2,9-10H2,1H3. The molecule has 20 heavy (non-hydrogen) atoms. The highest BCUT2D eigenvalue weighted by atomic mass is 32.2. The van der Waals surface area contributed by atoms with Crippen LogP contribution in [-0.4, -0.2) is 28.1 Å². The number of benzene rings is 1. The maximum absolute atomic E-state index is 11.6. The van der Waals surface area contributed by atoms with Crippen LogP contribution in [0.5, 0.6) is 0 Å². The molecule has 1 aromatic heterocycles. The van der Waals surface area contributed by atoms with E-state index in [0.717, 1.165) is 12.3 Å². The SMILES string of the molecule is CCOC(=O)c1cnn(CC2CSc3ccccc32)c1. The molecule has 1 aliphatic rings. The van der Waals surface area contributed by atoms with Gasteiger partial charge >= 0.3 is 5.97 Å². The third kappa shape index (κ3) is 2.58. The van der Waals surface area contributed by atoms with Crippen LogP contribution in [0.25, 0.3) is 0 Å². The molecule has 2 aromatic rings. The number of aromatic nitrogens is 2. The Morgan fingerprint density at radius 2 is 2.35 bits per heavy atom. The Balaban J connectivity index is 1.72. The van der Waals surface area contributed by atoms with Gasteiger partial charge in [0.25, 0.3) is 0 Å². The van der Waals surface area contributed by atoms with Gasteiger partial charge in [-0.15, -0.1) is 11.8 Å². The summed E-state index contributed by atoms with van der Waals surface area (Å²) in [5, 5.41) is 4.26. The van der Waals surface area contributed by atoms with E-state index in [1.165, 1.54) is 10.5 Å². The maximum Gasteiger partial charge on any atom is 0.341 e. The Kier molecular flexibility index (Phi) is 3.78. The molecule has 0 N–H and O–H groups in total. The highest BCUT2D eigenvalue weighted by Gasteiger charge is 2.23. The van der Waals surface area contributed by atoms with E-state index in [0.29, 0.717) is 18.1 Å². The van der Waals surface area contributed by atoms with Crippen molar-refractivity contribution in [1.29, 1.82) is 0 Å². The molecular weight excluding hydrogens is 272 g/mol. The van der Waals surface area contributed by atoms with E-state index >= 15 is 0 Å². The summed E-state index contributed by atoms with van der Waals surface area (Å²) in [6.45, 7) is 2.98. The summed E-state index contributed by atoms with van der Waals surface area (Å²) in [4.78, 5) is 13.0. The molecule has 0 spiro atoms. The minimum absolute atomic E-state index is 0.306. The summed E-state index contributed by atoms with van der Waals surface area (Å²) in [6, 6.07) is 8.48. The molecule has 5 heteroatoms. The summed E-state index contributed by atoms with van der Waals surface area (Å²) in [6.07, 6.45) is 3.34. The molecule has 1 aromatic carbocycles. The lowest BCUT2D eigenvalue weighted by Gasteiger charge is -2.10. The second-order valence-corrected chi connectivity index (χ2v) is 5.78. The predicted molar refractivity (Wildman–Crippen MR) is 78.1 cm³/mol. The molecular formula is C15H16N2O2S. The largest absolute Gasteiger partial charge is 0.462 e. The van der Waals surface area contributed by atoms with Crippen molar-refractivity contribution in [3.8, 4) is 0 Å². The molecule has 104 valence electrons. The summed E-state index contributed by atoms with van der Waals surface area (Å²) < 4.78 is 6.80. The fraction of sp³-hybridized carbons (Fsp3) is 0.333. The van der Waals surface area contributed by atoms with Crippen molar-refractivity contribution >= 4 is 17.7 Å². The van der Waals surface area contributed by atoms with E-state index < -0.39 is 0 Å². The average molecular weight is 288 g/mol. The Hall–Kier alpha value is -1.75. The number of esters is 1. The second-order valence-electron chi connectivity index (χ2n) is 4.72. The van der Waals surface area contributed by atoms with Crippen LogP contribution < -0.4 is 0 Å². The second kappa shape index (κ2) is 5.71. The van der Waals surface area contributed by atoms with Gasteiger partial charge in [0.1, 0.15) is 0 Å². The minimum Gasteiger partial charge on any atom is -0.462 e. The smallest absolute Gasteiger partial charge is 0.341 e. The first-order valence-electron chi connectivity index (χ1n) is 6.69. The molecule has 0 radical (unpaired) electrons. The Labute approximate surface area is 122 Å². The van der Waals surface area contributed by atoms with Gasteiger partial charge in [-0.1, -0.05) is 18.2 Å². The van der Waals surface area contributed by atoms with E-state index in [1.54, 1.807) is 19.3 Å². The number of rotatable bonds is 4. The summed E-state index contributed by atoms with van der Waals surface area (Å²) in [5.74, 6) is 1.21. The van der Waals surface area contributed by atoms with Gasteiger partial charge in [0.05, 0.1) is 18.4 Å². The molecule has 0 amide bonds. The molecule has 0 saturated heterocycles. The summed E-state index contributed by atoms with van der Waals surface area (Å²) in [5.41, 5.74) is 1.90. The Morgan fingerprint density at radius 3 is 3.20 bits per heavy atom. The van der Waals surface area contributed by atoms with E-state index in [1.807, 2.05) is 16.4 Å². The lowest BCUT2D eigenvalue weighted by Crippen LogP contribution is -2.09. The number of carbonyl (C=O) groups is 1. The molecule has 3 rings (SSSR count). The van der Waals surface area contributed by atoms with Crippen molar-refractivity contribution < 1.29 is 9.53 Å². The van der Waals surface area contributed by atoms with Crippen LogP contribution in [-0.2, 0) is 11.3 Å². The van der Waals surface area contributed by atoms with Gasteiger partial charge < -0.3 is 4.74 Å². The van der Waals surface area contributed by atoms with E-state index in [4.69, 9.17) is 4.74 Å². The Bertz CT molecular complexity index is 624. The van der Waals surface area contributed by atoms with Crippen molar-refractivity contribution in [2.75, 3.05) is 12.4 Å². The normalized spacial score (nSPS) is 16.9. The molecule has 0 bridgehead atoms. The number of hydrogen-bond donors (Lipinski definition) is 0. The number of carbonyl (C=O) groups excluding carboxylic acids is 1. The number of fused-ring (bicyclic) bond motifs is 1. The van der Waals surface area contributed by atoms with E-state index in [9.17, 15) is 4.79 Å². The number of nitrogens with zero attached hydrogens (tertiary/aromatic N) is 2. The molecule has 1 unspecified atom stereocenters. The zero-order valence-electron chi connectivity index (χ0n) is 11.3. The van der Waals surface area contributed by atoms with Crippen molar-refractivity contribution in [1.82, 2.24) is 9.78 Å². The monoisotopic (exact) mass is 288 g/mol. The lowest BCUT2D eigenvalue weighted by molar-refractivity contribution is 0.0526. The van der Waals surface area contributed by atoms with Crippen molar-refractivity contribution in [2.24, 2.45) is 0 Å². The highest BCUT2D eigenvalue weighted by Crippen LogP contribution is 2.39. The first-order chi connectivity index (χ1) is 9.78. The lowest BCUT2D eigenvalue weighted by atomic mass is 10.0. The van der Waals surface area contributed by atoms with Crippen LogP contribution in [0.15, 0.2) is 41.6 Å². The molecule has 1 aliphatic heterocycles. The summed E-state index contributed by atoms with van der Waals surface area (Å²) in [7, 11) is 0. The van der Waals surface area contributed by atoms with Gasteiger partial charge in [0, 0.05) is 29.3 Å². The van der Waals surface area contributed by atoms with Crippen molar-refractivity contribution in [3.05, 3.63) is 47.8 Å². The van der Waals surface area contributed by atoms with Crippen LogP contribution >= 0.6 is 11.8 Å². The third-order valence-electron chi connectivity index (χ3n) is 3.35. The van der Waals surface area contributed by atoms with E-state index in [2.05, 4.69) is 29.4 Å². The molecule has 1 atom stereocenters. The van der Waals surface area contributed by atoms with Gasteiger partial charge in [0.2, 0.25) is 0 Å². The molecule has 2 heterocycles. The number of ether oxygens (including phenoxy) is 1. The van der Waals surface area contributed by atoms with Crippen LogP contribution in [0.3, 0.4) is 0 Å². The summed E-state index contributed by atoms with van der Waals surface area (Å²) >= 11 is 1.88. The maximum atomic E-state index is 11.6. The quantitative estimate of drug-likeness (QED) is 0.811. The highest BCUT2D eigenvalue weighted by molar-refractivity contribution is 7.99. The van der Waals surface area contributed by atoms with Gasteiger partial charge in [0.15, 0.2) is 0 Å². The zero-order valence-corrected chi connectivity index (χ0v) is 12.1. The predicted octanol–water partition coefficient (Wildman–Crippen LogP) is 2.95. The first kappa shape index (κ1) is 13.2. The molecule has 0 fully saturated rings. The number of thioether (sulfide) groups is 1. The third-order valence-corrected chi connectivity index (χ3v) is 4.60. The van der Waals surface area contributed by atoms with Gasteiger partial charge in [-0.25, -0.2) is 4.79 Å². The fourth-order valence-corrected chi connectivity index (χ4v) is 3.63. The van der Waals surface area contributed by atoms with Crippen LogP contribution in [0.1, 0.15) is 28.8 Å². The van der Waals surface area contributed by atoms with Crippen LogP contribution in [0.2, 0.25) is 0 Å². The van der Waals surface area contributed by atoms with Crippen LogP contribution in [0, 0.1) is 0 Å². The van der Waals surface area contributed by atoms with Crippen LogP contribution in [0.4, 0.5) is 0 Å². The van der Waals surface area contributed by atoms with Gasteiger partial charge in [-0.2, -0.15) is 5.10 Å². The number of hydrogen-bond acceptors (Lipinski definition) is 4. The van der Waals surface area contributed by atoms with Crippen molar-refractivity contribution in [3.63, 3.8) is 0 Å². The topological polar surface area (TPSA) is 44.1 Å². The zero-order chi connectivity index (χ0) is 13.9. The molecule has 0 aliphatic carbocycles.